The fraction of sp³-hybridized carbons (Fsp3) is 0.185. The quantitative estimate of drug-likeness (QED) is 0.355. The lowest BCUT2D eigenvalue weighted by Crippen LogP contribution is -2.23. The van der Waals surface area contributed by atoms with Crippen molar-refractivity contribution in [2.75, 3.05) is 5.32 Å². The smallest absolute Gasteiger partial charge is 0.291 e. The minimum Gasteiger partial charge on any atom is -0.455 e. The van der Waals surface area contributed by atoms with E-state index in [9.17, 15) is 9.59 Å². The number of para-hydroxylation sites is 1. The summed E-state index contributed by atoms with van der Waals surface area (Å²) in [6, 6.07) is 16.5. The summed E-state index contributed by atoms with van der Waals surface area (Å²) in [5, 5.41) is 8.81. The van der Waals surface area contributed by atoms with Crippen molar-refractivity contribution in [3.05, 3.63) is 93.5 Å². The maximum absolute atomic E-state index is 13.0. The summed E-state index contributed by atoms with van der Waals surface area (Å²) < 4.78 is 5.96. The molecule has 176 valence electrons. The number of nitrogens with one attached hydrogen (secondary N) is 2. The van der Waals surface area contributed by atoms with Gasteiger partial charge in [-0.2, -0.15) is 5.10 Å². The number of rotatable bonds is 4. The van der Waals surface area contributed by atoms with Crippen molar-refractivity contribution in [2.24, 2.45) is 5.10 Å². The lowest BCUT2D eigenvalue weighted by molar-refractivity contribution is 0.0949. The first-order chi connectivity index (χ1) is 16.9. The number of halogens is 1. The average molecular weight is 487 g/mol. The summed E-state index contributed by atoms with van der Waals surface area (Å²) >= 11 is 6.18. The van der Waals surface area contributed by atoms with E-state index in [0.29, 0.717) is 40.6 Å². The fourth-order valence-corrected chi connectivity index (χ4v) is 4.46. The first-order valence-electron chi connectivity index (χ1n) is 11.3. The molecule has 5 rings (SSSR count). The summed E-state index contributed by atoms with van der Waals surface area (Å²) in [5.74, 6) is 0.169. The van der Waals surface area contributed by atoms with Gasteiger partial charge in [-0.25, -0.2) is 10.4 Å². The number of hydrogen-bond donors (Lipinski definition) is 2. The van der Waals surface area contributed by atoms with Crippen LogP contribution in [0.25, 0.3) is 10.9 Å². The topological polar surface area (TPSA) is 96.6 Å². The number of hydrazone groups is 1. The second kappa shape index (κ2) is 9.35. The Bertz CT molecular complexity index is 1510. The summed E-state index contributed by atoms with van der Waals surface area (Å²) in [5.41, 5.74) is 7.19. The van der Waals surface area contributed by atoms with Crippen LogP contribution in [0.5, 0.6) is 0 Å². The van der Waals surface area contributed by atoms with E-state index in [0.717, 1.165) is 28.5 Å². The zero-order valence-electron chi connectivity index (χ0n) is 19.3. The Kier molecular flexibility index (Phi) is 6.09. The van der Waals surface area contributed by atoms with E-state index in [1.807, 2.05) is 44.2 Å². The molecular formula is C27H23ClN4O3. The highest BCUT2D eigenvalue weighted by Gasteiger charge is 2.28. The third-order valence-electron chi connectivity index (χ3n) is 6.17. The number of aromatic nitrogens is 1. The van der Waals surface area contributed by atoms with Gasteiger partial charge in [0.2, 0.25) is 0 Å². The molecule has 4 aromatic rings. The van der Waals surface area contributed by atoms with Gasteiger partial charge < -0.3 is 9.73 Å². The number of carbonyl (C=O) groups excluding carboxylic acids is 2. The van der Waals surface area contributed by atoms with Gasteiger partial charge in [-0.3, -0.25) is 9.59 Å². The van der Waals surface area contributed by atoms with Gasteiger partial charge >= 0.3 is 0 Å². The van der Waals surface area contributed by atoms with Gasteiger partial charge in [0.1, 0.15) is 11.5 Å². The Hall–Kier alpha value is -3.97. The maximum Gasteiger partial charge on any atom is 0.291 e. The Labute approximate surface area is 207 Å². The van der Waals surface area contributed by atoms with Crippen LogP contribution in [0.15, 0.2) is 64.1 Å². The van der Waals surface area contributed by atoms with Crippen molar-refractivity contribution in [1.29, 1.82) is 0 Å². The van der Waals surface area contributed by atoms with E-state index >= 15 is 0 Å². The number of fused-ring (bicyclic) bond motifs is 2. The van der Waals surface area contributed by atoms with E-state index in [1.165, 1.54) is 0 Å². The van der Waals surface area contributed by atoms with E-state index in [1.54, 1.807) is 24.3 Å². The number of aryl methyl sites for hydroxylation is 1. The number of amides is 2. The van der Waals surface area contributed by atoms with Crippen LogP contribution in [0.3, 0.4) is 0 Å². The molecule has 35 heavy (non-hydrogen) atoms. The molecule has 7 nitrogen and oxygen atoms in total. The molecule has 2 N–H and O–H groups in total. The van der Waals surface area contributed by atoms with Crippen molar-refractivity contribution < 1.29 is 14.0 Å². The molecule has 2 aromatic heterocycles. The van der Waals surface area contributed by atoms with Crippen molar-refractivity contribution in [2.45, 2.75) is 33.1 Å². The Morgan fingerprint density at radius 3 is 2.66 bits per heavy atom. The molecule has 1 aliphatic rings. The van der Waals surface area contributed by atoms with Crippen LogP contribution in [-0.4, -0.2) is 22.5 Å². The second-order valence-corrected chi connectivity index (χ2v) is 8.87. The largest absolute Gasteiger partial charge is 0.455 e. The molecule has 2 heterocycles. The van der Waals surface area contributed by atoms with Crippen molar-refractivity contribution >= 4 is 45.7 Å². The van der Waals surface area contributed by atoms with Crippen LogP contribution < -0.4 is 10.7 Å². The molecule has 2 aromatic carbocycles. The second-order valence-electron chi connectivity index (χ2n) is 8.46. The third kappa shape index (κ3) is 4.42. The molecule has 2 amide bonds. The van der Waals surface area contributed by atoms with Gasteiger partial charge in [-0.15, -0.1) is 0 Å². The normalized spacial score (nSPS) is 14.1. The van der Waals surface area contributed by atoms with Crippen LogP contribution in [0, 0.1) is 13.8 Å². The summed E-state index contributed by atoms with van der Waals surface area (Å²) in [4.78, 5) is 30.2. The highest BCUT2D eigenvalue weighted by atomic mass is 35.5. The lowest BCUT2D eigenvalue weighted by atomic mass is 9.93. The summed E-state index contributed by atoms with van der Waals surface area (Å²) in [6.07, 6.45) is 2.16. The van der Waals surface area contributed by atoms with Crippen molar-refractivity contribution in [3.63, 3.8) is 0 Å². The van der Waals surface area contributed by atoms with Crippen LogP contribution in [0.4, 0.5) is 5.69 Å². The number of nitrogens with zero attached hydrogens (tertiary/aromatic N) is 2. The van der Waals surface area contributed by atoms with Crippen LogP contribution in [0.1, 0.15) is 56.3 Å². The van der Waals surface area contributed by atoms with E-state index in [2.05, 4.69) is 20.8 Å². The zero-order chi connectivity index (χ0) is 24.5. The Balaban J connectivity index is 1.39. The number of benzene rings is 2. The number of furan rings is 1. The monoisotopic (exact) mass is 486 g/mol. The van der Waals surface area contributed by atoms with E-state index < -0.39 is 5.91 Å². The molecule has 0 spiro atoms. The first kappa shape index (κ1) is 22.8. The predicted molar refractivity (Wildman–Crippen MR) is 136 cm³/mol. The SMILES string of the molecule is Cc1c(Cl)cccc1NC(=O)c1oc2c(c1C)/C(=N/NC(=O)c1ccc3ccccc3n1)CCC2. The molecule has 0 radical (unpaired) electrons. The molecule has 0 aliphatic heterocycles. The maximum atomic E-state index is 13.0. The van der Waals surface area contributed by atoms with Gasteiger partial charge in [0, 0.05) is 33.6 Å². The lowest BCUT2D eigenvalue weighted by Gasteiger charge is -2.13. The minimum absolute atomic E-state index is 0.228. The van der Waals surface area contributed by atoms with E-state index in [-0.39, 0.29) is 17.4 Å². The molecule has 0 atom stereocenters. The molecule has 0 bridgehead atoms. The van der Waals surface area contributed by atoms with Crippen molar-refractivity contribution in [3.8, 4) is 0 Å². The predicted octanol–water partition coefficient (Wildman–Crippen LogP) is 5.82. The summed E-state index contributed by atoms with van der Waals surface area (Å²) in [7, 11) is 0. The fourth-order valence-electron chi connectivity index (χ4n) is 4.29. The number of pyridine rings is 1. The van der Waals surface area contributed by atoms with Gasteiger partial charge in [-0.05, 0) is 56.5 Å². The number of anilines is 1. The van der Waals surface area contributed by atoms with Gasteiger partial charge in [0.15, 0.2) is 5.76 Å². The standard InChI is InChI=1S/C27H23ClN4O3/c1-15-18(28)8-5-10-19(15)30-27(34)25-16(2)24-21(11-6-12-23(24)35-25)31-32-26(33)22-14-13-17-7-3-4-9-20(17)29-22/h3-5,7-10,13-14H,6,11-12H2,1-2H3,(H,30,34)(H,32,33)/b31-21+. The van der Waals surface area contributed by atoms with Crippen LogP contribution in [-0.2, 0) is 6.42 Å². The molecule has 0 fully saturated rings. The van der Waals surface area contributed by atoms with Crippen molar-refractivity contribution in [1.82, 2.24) is 10.4 Å². The molecule has 1 aliphatic carbocycles. The highest BCUT2D eigenvalue weighted by molar-refractivity contribution is 6.31. The zero-order valence-corrected chi connectivity index (χ0v) is 20.1. The number of carbonyl (C=O) groups is 2. The molecule has 8 heteroatoms. The highest BCUT2D eigenvalue weighted by Crippen LogP contribution is 2.31. The molecule has 0 saturated carbocycles. The minimum atomic E-state index is -0.397. The van der Waals surface area contributed by atoms with Crippen LogP contribution in [0.2, 0.25) is 5.02 Å². The third-order valence-corrected chi connectivity index (χ3v) is 6.58. The van der Waals surface area contributed by atoms with Gasteiger partial charge in [0.25, 0.3) is 11.8 Å². The van der Waals surface area contributed by atoms with Crippen LogP contribution >= 0.6 is 11.6 Å². The Morgan fingerprint density at radius 2 is 1.80 bits per heavy atom. The Morgan fingerprint density at radius 1 is 0.971 bits per heavy atom. The average Bonchev–Trinajstić information content (AvgIpc) is 3.22. The molecular weight excluding hydrogens is 464 g/mol. The van der Waals surface area contributed by atoms with Gasteiger partial charge in [-0.1, -0.05) is 41.9 Å². The van der Waals surface area contributed by atoms with Gasteiger partial charge in [0.05, 0.1) is 11.2 Å². The number of hydrogen-bond acceptors (Lipinski definition) is 5. The molecule has 0 saturated heterocycles. The van der Waals surface area contributed by atoms with E-state index in [4.69, 9.17) is 16.0 Å². The summed E-state index contributed by atoms with van der Waals surface area (Å²) in [6.45, 7) is 3.67. The first-order valence-corrected chi connectivity index (χ1v) is 11.7. The molecule has 0 unspecified atom stereocenters.